The van der Waals surface area contributed by atoms with Gasteiger partial charge in [-0.1, -0.05) is 32.0 Å². The molecule has 1 unspecified atom stereocenters. The summed E-state index contributed by atoms with van der Waals surface area (Å²) in [5.74, 6) is 0.192. The number of hydrogen-bond donors (Lipinski definition) is 1. The molecule has 1 aromatic rings. The summed E-state index contributed by atoms with van der Waals surface area (Å²) in [4.78, 5) is 16.3. The monoisotopic (exact) mass is 209 g/mol. The Kier molecular flexibility index (Phi) is 4.31. The van der Waals surface area contributed by atoms with Gasteiger partial charge in [0.05, 0.1) is 7.11 Å². The van der Waals surface area contributed by atoms with Crippen LogP contribution in [0.1, 0.15) is 43.5 Å². The maximum Gasteiger partial charge on any atom is 0.275 e. The molecule has 0 heterocycles. The zero-order valence-corrected chi connectivity index (χ0v) is 9.41. The summed E-state index contributed by atoms with van der Waals surface area (Å²) in [7, 11) is 1.43. The predicted molar refractivity (Wildman–Crippen MR) is 61.7 cm³/mol. The average molecular weight is 209 g/mol. The van der Waals surface area contributed by atoms with Crippen molar-refractivity contribution in [1.82, 2.24) is 5.48 Å². The van der Waals surface area contributed by atoms with E-state index >= 15 is 0 Å². The minimum Gasteiger partial charge on any atom is -0.277 e. The van der Waals surface area contributed by atoms with Gasteiger partial charge in [-0.25, -0.2) is 5.48 Å². The first-order valence-corrected chi connectivity index (χ1v) is 5.13. The highest BCUT2D eigenvalue weighted by Gasteiger charge is 2.13. The summed E-state index contributed by atoms with van der Waals surface area (Å²) < 4.78 is 0. The quantitative estimate of drug-likeness (QED) is 0.774. The molecular weight excluding hydrogens is 190 g/mol. The Balaban J connectivity index is 0.00000225. The molecule has 3 nitrogen and oxygen atoms in total. The number of rotatable bonds is 4. The van der Waals surface area contributed by atoms with Gasteiger partial charge in [0, 0.05) is 6.99 Å². The van der Waals surface area contributed by atoms with E-state index < -0.39 is 0 Å². The Morgan fingerprint density at radius 2 is 2.20 bits per heavy atom. The van der Waals surface area contributed by atoms with Crippen LogP contribution in [0.5, 0.6) is 0 Å². The van der Waals surface area contributed by atoms with Crippen molar-refractivity contribution in [3.8, 4) is 0 Å². The van der Waals surface area contributed by atoms with E-state index in [9.17, 15) is 4.79 Å². The lowest BCUT2D eigenvalue weighted by molar-refractivity contribution is 0.0536. The third kappa shape index (κ3) is 2.80. The number of hydroxylamine groups is 1. The minimum atomic E-state index is -0.187. The van der Waals surface area contributed by atoms with Crippen molar-refractivity contribution in [3.05, 3.63) is 35.4 Å². The number of amides is 1. The molecule has 0 bridgehead atoms. The summed E-state index contributed by atoms with van der Waals surface area (Å²) in [5.41, 5.74) is 4.10. The molecule has 0 spiro atoms. The van der Waals surface area contributed by atoms with Gasteiger partial charge in [0.2, 0.25) is 0 Å². The van der Waals surface area contributed by atoms with Gasteiger partial charge in [-0.3, -0.25) is 9.63 Å². The Bertz CT molecular complexity index is 342. The third-order valence-corrected chi connectivity index (χ3v) is 2.54. The van der Waals surface area contributed by atoms with Gasteiger partial charge >= 0.3 is 0 Å². The lowest BCUT2D eigenvalue weighted by Crippen LogP contribution is -2.23. The highest BCUT2D eigenvalue weighted by Crippen LogP contribution is 2.22. The molecule has 0 saturated heterocycles. The second kappa shape index (κ2) is 5.51. The van der Waals surface area contributed by atoms with Gasteiger partial charge in [-0.2, -0.15) is 0 Å². The molecule has 3 heteroatoms. The van der Waals surface area contributed by atoms with E-state index in [4.69, 9.17) is 0 Å². The van der Waals surface area contributed by atoms with Crippen molar-refractivity contribution < 1.29 is 11.1 Å². The van der Waals surface area contributed by atoms with E-state index in [1.807, 2.05) is 24.3 Å². The molecule has 1 aromatic carbocycles. The molecule has 0 saturated carbocycles. The van der Waals surface area contributed by atoms with Crippen LogP contribution in [0.15, 0.2) is 24.3 Å². The lowest BCUT2D eigenvalue weighted by Gasteiger charge is -2.13. The molecule has 0 fully saturated rings. The van der Waals surface area contributed by atoms with Crippen LogP contribution in [0.25, 0.3) is 0 Å². The zero-order valence-electron chi connectivity index (χ0n) is 9.41. The van der Waals surface area contributed by atoms with E-state index in [1.165, 1.54) is 7.11 Å². The highest BCUT2D eigenvalue weighted by molar-refractivity contribution is 5.95. The van der Waals surface area contributed by atoms with Crippen molar-refractivity contribution in [3.63, 3.8) is 0 Å². The third-order valence-electron chi connectivity index (χ3n) is 2.54. The van der Waals surface area contributed by atoms with Crippen LogP contribution in [0.3, 0.4) is 0 Å². The van der Waals surface area contributed by atoms with Crippen molar-refractivity contribution in [2.24, 2.45) is 0 Å². The lowest BCUT2D eigenvalue weighted by atomic mass is 9.93. The molecule has 1 rings (SSSR count). The number of carbonyl (C=O) groups is 1. The fourth-order valence-electron chi connectivity index (χ4n) is 1.50. The van der Waals surface area contributed by atoms with Gasteiger partial charge in [-0.15, -0.1) is 0 Å². The minimum absolute atomic E-state index is 0. The van der Waals surface area contributed by atoms with Crippen LogP contribution in [0.2, 0.25) is 0 Å². The smallest absolute Gasteiger partial charge is 0.275 e. The number of nitrogens with one attached hydrogen (secondary N) is 1. The van der Waals surface area contributed by atoms with Crippen LogP contribution >= 0.6 is 0 Å². The number of benzene rings is 1. The van der Waals surface area contributed by atoms with Crippen LogP contribution < -0.4 is 5.48 Å². The first kappa shape index (κ1) is 11.7. The highest BCUT2D eigenvalue weighted by atomic mass is 16.6. The van der Waals surface area contributed by atoms with Gasteiger partial charge in [-0.05, 0) is 24.0 Å². The second-order valence-electron chi connectivity index (χ2n) is 3.53. The largest absolute Gasteiger partial charge is 0.277 e. The van der Waals surface area contributed by atoms with E-state index in [2.05, 4.69) is 24.2 Å². The van der Waals surface area contributed by atoms with Crippen LogP contribution in [0, 0.1) is 0 Å². The maximum atomic E-state index is 11.6. The van der Waals surface area contributed by atoms with E-state index in [0.717, 1.165) is 12.0 Å². The van der Waals surface area contributed by atoms with E-state index in [-0.39, 0.29) is 7.33 Å². The zero-order chi connectivity index (χ0) is 11.3. The Morgan fingerprint density at radius 3 is 2.80 bits per heavy atom. The first-order valence-electron chi connectivity index (χ1n) is 5.13. The normalized spacial score (nSPS) is 12.2. The molecule has 0 aromatic heterocycles. The molecule has 0 aliphatic carbocycles. The fourth-order valence-corrected chi connectivity index (χ4v) is 1.50. The molecule has 1 N–H and O–H groups in total. The van der Waals surface area contributed by atoms with Crippen LogP contribution in [-0.2, 0) is 4.84 Å². The summed E-state index contributed by atoms with van der Waals surface area (Å²) in [5, 5.41) is 0. The molecule has 84 valence electrons. The SMILES string of the molecule is CCC(C)c1ccccc1C(=O)NOC.[HH]. The topological polar surface area (TPSA) is 38.3 Å². The molecule has 0 radical (unpaired) electrons. The van der Waals surface area contributed by atoms with Crippen molar-refractivity contribution in [2.45, 2.75) is 26.2 Å². The Hall–Kier alpha value is -1.35. The van der Waals surface area contributed by atoms with Crippen LogP contribution in [0.4, 0.5) is 0 Å². The van der Waals surface area contributed by atoms with Gasteiger partial charge < -0.3 is 0 Å². The molecule has 0 aliphatic rings. The Labute approximate surface area is 91.9 Å². The second-order valence-corrected chi connectivity index (χ2v) is 3.53. The molecule has 15 heavy (non-hydrogen) atoms. The molecule has 1 amide bonds. The molecular formula is C12H19NO2. The average Bonchev–Trinajstić information content (AvgIpc) is 2.28. The van der Waals surface area contributed by atoms with E-state index in [0.29, 0.717) is 11.5 Å². The molecule has 0 aliphatic heterocycles. The summed E-state index contributed by atoms with van der Waals surface area (Å²) in [6.45, 7) is 4.22. The standard InChI is InChI=1S/C12H17NO2.H2/c1-4-9(2)10-7-5-6-8-11(10)12(14)13-15-3;/h5-9H,4H2,1-3H3,(H,13,14);1H. The number of carbonyl (C=O) groups excluding carboxylic acids is 1. The Morgan fingerprint density at radius 1 is 1.53 bits per heavy atom. The van der Waals surface area contributed by atoms with E-state index in [1.54, 1.807) is 0 Å². The fraction of sp³-hybridized carbons (Fsp3) is 0.417. The van der Waals surface area contributed by atoms with Gasteiger partial charge in [0.15, 0.2) is 0 Å². The molecule has 1 atom stereocenters. The summed E-state index contributed by atoms with van der Waals surface area (Å²) in [6.07, 6.45) is 1.01. The van der Waals surface area contributed by atoms with Crippen molar-refractivity contribution in [2.75, 3.05) is 7.11 Å². The summed E-state index contributed by atoms with van der Waals surface area (Å²) in [6, 6.07) is 7.61. The van der Waals surface area contributed by atoms with Gasteiger partial charge in [0.1, 0.15) is 0 Å². The van der Waals surface area contributed by atoms with Gasteiger partial charge in [0.25, 0.3) is 5.91 Å². The van der Waals surface area contributed by atoms with Crippen LogP contribution in [-0.4, -0.2) is 13.0 Å². The summed E-state index contributed by atoms with van der Waals surface area (Å²) >= 11 is 0. The van der Waals surface area contributed by atoms with Crippen molar-refractivity contribution in [1.29, 1.82) is 0 Å². The maximum absolute atomic E-state index is 11.6. The number of hydrogen-bond acceptors (Lipinski definition) is 2. The predicted octanol–water partition coefficient (Wildman–Crippen LogP) is 2.74. The van der Waals surface area contributed by atoms with Crippen molar-refractivity contribution >= 4 is 5.91 Å². The first-order chi connectivity index (χ1) is 7.20.